The summed E-state index contributed by atoms with van der Waals surface area (Å²) in [6.07, 6.45) is 3.74. The van der Waals surface area contributed by atoms with E-state index in [9.17, 15) is 4.79 Å². The fourth-order valence-corrected chi connectivity index (χ4v) is 5.39. The minimum absolute atomic E-state index is 0.00660. The molecule has 186 valence electrons. The van der Waals surface area contributed by atoms with E-state index >= 15 is 0 Å². The van der Waals surface area contributed by atoms with Gasteiger partial charge in [-0.1, -0.05) is 48.5 Å². The summed E-state index contributed by atoms with van der Waals surface area (Å²) in [5.74, 6) is 0.802. The lowest BCUT2D eigenvalue weighted by atomic mass is 10.1. The summed E-state index contributed by atoms with van der Waals surface area (Å²) >= 11 is 1.44. The molecular weight excluding hydrogens is 478 g/mol. The van der Waals surface area contributed by atoms with Crippen LogP contribution in [0.3, 0.4) is 0 Å². The third-order valence-corrected chi connectivity index (χ3v) is 7.28. The minimum Gasteiger partial charge on any atom is -0.497 e. The lowest BCUT2D eigenvalue weighted by molar-refractivity contribution is -0.122. The third kappa shape index (κ3) is 5.70. The van der Waals surface area contributed by atoms with Crippen molar-refractivity contribution < 1.29 is 9.53 Å². The molecule has 0 aliphatic carbocycles. The van der Waals surface area contributed by atoms with Crippen LogP contribution in [0.4, 0.5) is 5.69 Å². The second kappa shape index (κ2) is 11.4. The molecular formula is C31H29N3O2S. The predicted octanol–water partition coefficient (Wildman–Crippen LogP) is 7.03. The van der Waals surface area contributed by atoms with Crippen molar-refractivity contribution in [2.45, 2.75) is 19.8 Å². The number of benzene rings is 3. The van der Waals surface area contributed by atoms with Gasteiger partial charge in [-0.25, -0.2) is 4.99 Å². The number of nitrogens with zero attached hydrogens (tertiary/aromatic N) is 3. The van der Waals surface area contributed by atoms with Gasteiger partial charge in [0.05, 0.1) is 17.7 Å². The first-order valence-corrected chi connectivity index (χ1v) is 13.2. The molecule has 6 heteroatoms. The summed E-state index contributed by atoms with van der Waals surface area (Å²) in [7, 11) is 1.66. The average molecular weight is 508 g/mol. The van der Waals surface area contributed by atoms with E-state index in [-0.39, 0.29) is 5.91 Å². The number of hydrogen-bond donors (Lipinski definition) is 0. The Balaban J connectivity index is 1.44. The van der Waals surface area contributed by atoms with Crippen molar-refractivity contribution in [1.29, 1.82) is 0 Å². The van der Waals surface area contributed by atoms with Crippen LogP contribution in [0.2, 0.25) is 0 Å². The van der Waals surface area contributed by atoms with Gasteiger partial charge in [0.2, 0.25) is 0 Å². The van der Waals surface area contributed by atoms with E-state index in [0.29, 0.717) is 11.4 Å². The Labute approximate surface area is 222 Å². The Morgan fingerprint density at radius 3 is 2.30 bits per heavy atom. The first-order chi connectivity index (χ1) is 18.1. The van der Waals surface area contributed by atoms with Crippen LogP contribution in [0.1, 0.15) is 23.4 Å². The molecule has 1 aliphatic heterocycles. The second-order valence-corrected chi connectivity index (χ2v) is 9.83. The molecule has 0 radical (unpaired) electrons. The van der Waals surface area contributed by atoms with Gasteiger partial charge in [0.15, 0.2) is 5.17 Å². The van der Waals surface area contributed by atoms with Crippen LogP contribution >= 0.6 is 11.8 Å². The Kier molecular flexibility index (Phi) is 7.57. The Morgan fingerprint density at radius 1 is 0.892 bits per heavy atom. The van der Waals surface area contributed by atoms with Gasteiger partial charge in [-0.2, -0.15) is 0 Å². The fourth-order valence-electron chi connectivity index (χ4n) is 4.38. The number of carbonyl (C=O) groups excluding carboxylic acids is 1. The molecule has 0 unspecified atom stereocenters. The number of amidine groups is 1. The van der Waals surface area contributed by atoms with Crippen molar-refractivity contribution in [2.24, 2.45) is 4.99 Å². The van der Waals surface area contributed by atoms with Crippen molar-refractivity contribution in [1.82, 2.24) is 9.47 Å². The summed E-state index contributed by atoms with van der Waals surface area (Å²) in [5.41, 5.74) is 5.16. The van der Waals surface area contributed by atoms with Gasteiger partial charge < -0.3 is 9.30 Å². The Morgan fingerprint density at radius 2 is 1.59 bits per heavy atom. The monoisotopic (exact) mass is 507 g/mol. The molecule has 1 saturated heterocycles. The summed E-state index contributed by atoms with van der Waals surface area (Å²) < 4.78 is 7.46. The molecule has 2 heterocycles. The molecule has 1 amide bonds. The molecule has 3 aromatic carbocycles. The molecule has 4 aromatic rings. The lowest BCUT2D eigenvalue weighted by Gasteiger charge is -2.15. The largest absolute Gasteiger partial charge is 0.497 e. The third-order valence-electron chi connectivity index (χ3n) is 6.27. The number of hydrogen-bond acceptors (Lipinski definition) is 4. The standard InChI is InChI=1S/C31H29N3O2S/c1-23-15-16-27(34(23)26-17-19-28(36-2)20-18-26)22-29-30(35)33(21-9-12-24-10-5-3-6-11-24)31(37-29)32-25-13-7-4-8-14-25/h3-8,10-11,13-20,22H,9,12,21H2,1-2H3/b29-22-,32-31?. The minimum atomic E-state index is -0.00660. The second-order valence-electron chi connectivity index (χ2n) is 8.82. The van der Waals surface area contributed by atoms with Gasteiger partial charge in [0.1, 0.15) is 5.75 Å². The summed E-state index contributed by atoms with van der Waals surface area (Å²) in [4.78, 5) is 20.9. The summed E-state index contributed by atoms with van der Waals surface area (Å²) in [5, 5.41) is 0.717. The van der Waals surface area contributed by atoms with Crippen LogP contribution in [-0.4, -0.2) is 34.2 Å². The Hall–Kier alpha value is -4.03. The predicted molar refractivity (Wildman–Crippen MR) is 153 cm³/mol. The molecule has 0 spiro atoms. The smallest absolute Gasteiger partial charge is 0.266 e. The molecule has 1 aliphatic rings. The van der Waals surface area contributed by atoms with E-state index in [1.807, 2.05) is 77.7 Å². The van der Waals surface area contributed by atoms with Gasteiger partial charge >= 0.3 is 0 Å². The van der Waals surface area contributed by atoms with Crippen LogP contribution in [0.15, 0.2) is 107 Å². The van der Waals surface area contributed by atoms with E-state index in [1.165, 1.54) is 17.3 Å². The number of methoxy groups -OCH3 is 1. The highest BCUT2D eigenvalue weighted by molar-refractivity contribution is 8.18. The number of aliphatic imine (C=N–C) groups is 1. The van der Waals surface area contributed by atoms with Crippen LogP contribution < -0.4 is 4.74 Å². The molecule has 0 atom stereocenters. The van der Waals surface area contributed by atoms with Crippen molar-refractivity contribution in [3.63, 3.8) is 0 Å². The van der Waals surface area contributed by atoms with E-state index in [0.717, 1.165) is 46.5 Å². The topological polar surface area (TPSA) is 46.8 Å². The maximum atomic E-state index is 13.6. The highest BCUT2D eigenvalue weighted by Gasteiger charge is 2.33. The molecule has 5 nitrogen and oxygen atoms in total. The molecule has 37 heavy (non-hydrogen) atoms. The zero-order chi connectivity index (χ0) is 25.6. The van der Waals surface area contributed by atoms with Crippen molar-refractivity contribution in [3.8, 4) is 11.4 Å². The lowest BCUT2D eigenvalue weighted by Crippen LogP contribution is -2.30. The number of para-hydroxylation sites is 1. The summed E-state index contributed by atoms with van der Waals surface area (Å²) in [6.45, 7) is 2.68. The van der Waals surface area contributed by atoms with Crippen LogP contribution in [-0.2, 0) is 11.2 Å². The van der Waals surface area contributed by atoms with E-state index < -0.39 is 0 Å². The highest BCUT2D eigenvalue weighted by Crippen LogP contribution is 2.35. The molecule has 1 fully saturated rings. The average Bonchev–Trinajstić information content (AvgIpc) is 3.44. The van der Waals surface area contributed by atoms with Gasteiger partial charge in [-0.05, 0) is 91.7 Å². The SMILES string of the molecule is COc1ccc(-n2c(C)ccc2/C=C2\SC(=Nc3ccccc3)N(CCCc3ccccc3)C2=O)cc1. The molecule has 0 saturated carbocycles. The number of aromatic nitrogens is 1. The zero-order valence-corrected chi connectivity index (χ0v) is 21.8. The highest BCUT2D eigenvalue weighted by atomic mass is 32.2. The first-order valence-electron chi connectivity index (χ1n) is 12.3. The van der Waals surface area contributed by atoms with Crippen molar-refractivity contribution >= 4 is 34.6 Å². The first kappa shape index (κ1) is 24.7. The summed E-state index contributed by atoms with van der Waals surface area (Å²) in [6, 6.07) is 32.2. The number of amides is 1. The maximum absolute atomic E-state index is 13.6. The molecule has 5 rings (SSSR count). The van der Waals surface area contributed by atoms with Gasteiger partial charge in [0, 0.05) is 23.6 Å². The Bertz CT molecular complexity index is 1420. The van der Waals surface area contributed by atoms with Crippen molar-refractivity contribution in [2.75, 3.05) is 13.7 Å². The van der Waals surface area contributed by atoms with Crippen LogP contribution in [0.5, 0.6) is 5.75 Å². The number of aryl methyl sites for hydroxylation is 2. The van der Waals surface area contributed by atoms with Gasteiger partial charge in [-0.3, -0.25) is 9.69 Å². The molecule has 0 N–H and O–H groups in total. The molecule has 1 aromatic heterocycles. The van der Waals surface area contributed by atoms with Crippen molar-refractivity contribution in [3.05, 3.63) is 119 Å². The number of ether oxygens (including phenoxy) is 1. The number of rotatable bonds is 8. The maximum Gasteiger partial charge on any atom is 0.266 e. The van der Waals surface area contributed by atoms with Gasteiger partial charge in [-0.15, -0.1) is 0 Å². The zero-order valence-electron chi connectivity index (χ0n) is 21.0. The molecule has 0 bridgehead atoms. The number of carbonyl (C=O) groups is 1. The van der Waals surface area contributed by atoms with Gasteiger partial charge in [0.25, 0.3) is 5.91 Å². The quantitative estimate of drug-likeness (QED) is 0.241. The number of thioether (sulfide) groups is 1. The fraction of sp³-hybridized carbons (Fsp3) is 0.161. The normalized spacial score (nSPS) is 15.6. The van der Waals surface area contributed by atoms with E-state index in [2.05, 4.69) is 41.8 Å². The van der Waals surface area contributed by atoms with Crippen LogP contribution in [0.25, 0.3) is 11.8 Å². The van der Waals surface area contributed by atoms with E-state index in [1.54, 1.807) is 7.11 Å². The van der Waals surface area contributed by atoms with Crippen LogP contribution in [0, 0.1) is 6.92 Å². The van der Waals surface area contributed by atoms with E-state index in [4.69, 9.17) is 9.73 Å².